The summed E-state index contributed by atoms with van der Waals surface area (Å²) in [6.07, 6.45) is 2.17. The van der Waals surface area contributed by atoms with Gasteiger partial charge in [0, 0.05) is 10.4 Å². The number of hydrogen-bond acceptors (Lipinski definition) is 4. The van der Waals surface area contributed by atoms with Crippen molar-refractivity contribution in [2.24, 2.45) is 0 Å². The van der Waals surface area contributed by atoms with Gasteiger partial charge in [0.05, 0.1) is 4.88 Å². The third kappa shape index (κ3) is 2.19. The summed E-state index contributed by atoms with van der Waals surface area (Å²) in [7, 11) is 0. The van der Waals surface area contributed by atoms with E-state index in [-0.39, 0.29) is 0 Å². The highest BCUT2D eigenvalue weighted by molar-refractivity contribution is 7.19. The molecular formula is C20H14N2OS. The Morgan fingerprint density at radius 1 is 0.792 bits per heavy atom. The van der Waals surface area contributed by atoms with E-state index in [1.54, 1.807) is 11.3 Å². The third-order valence-electron chi connectivity index (χ3n) is 4.39. The second kappa shape index (κ2) is 5.42. The molecule has 0 aliphatic heterocycles. The van der Waals surface area contributed by atoms with Crippen molar-refractivity contribution in [1.29, 1.82) is 0 Å². The van der Waals surface area contributed by atoms with Crippen LogP contribution in [0.5, 0.6) is 0 Å². The molecule has 0 saturated heterocycles. The summed E-state index contributed by atoms with van der Waals surface area (Å²) in [5.41, 5.74) is 5.10. The molecule has 116 valence electrons. The van der Waals surface area contributed by atoms with Gasteiger partial charge in [0.2, 0.25) is 5.89 Å². The van der Waals surface area contributed by atoms with Crippen LogP contribution in [0.4, 0.5) is 0 Å². The van der Waals surface area contributed by atoms with Crippen LogP contribution in [0.2, 0.25) is 0 Å². The minimum Gasteiger partial charge on any atom is -0.415 e. The van der Waals surface area contributed by atoms with Crippen molar-refractivity contribution in [2.75, 3.05) is 0 Å². The van der Waals surface area contributed by atoms with Crippen molar-refractivity contribution >= 4 is 11.3 Å². The summed E-state index contributed by atoms with van der Waals surface area (Å²) >= 11 is 1.74. The zero-order chi connectivity index (χ0) is 15.9. The van der Waals surface area contributed by atoms with Crippen LogP contribution in [0.15, 0.2) is 65.1 Å². The van der Waals surface area contributed by atoms with Crippen LogP contribution in [-0.2, 0) is 12.8 Å². The lowest BCUT2D eigenvalue weighted by Gasteiger charge is -2.15. The Morgan fingerprint density at radius 2 is 1.54 bits per heavy atom. The summed E-state index contributed by atoms with van der Waals surface area (Å²) in [6, 6.07) is 20.7. The van der Waals surface area contributed by atoms with E-state index in [1.807, 2.05) is 30.3 Å². The Hall–Kier alpha value is -2.72. The van der Waals surface area contributed by atoms with Gasteiger partial charge in [-0.3, -0.25) is 0 Å². The standard InChI is InChI=1S/C20H14N2OS/c1-2-7-14(8-3-1)19-21-22-20(23-19)17-12-15-11-10-13-6-4-5-9-16(13)18(15)24-17/h1-9,12H,10-11H2. The Bertz CT molecular complexity index is 1020. The smallest absolute Gasteiger partial charge is 0.258 e. The van der Waals surface area contributed by atoms with E-state index in [0.717, 1.165) is 23.3 Å². The van der Waals surface area contributed by atoms with Gasteiger partial charge in [-0.25, -0.2) is 0 Å². The molecule has 1 aliphatic rings. The summed E-state index contributed by atoms with van der Waals surface area (Å²) in [6.45, 7) is 0. The molecule has 0 N–H and O–H groups in total. The molecule has 0 fully saturated rings. The largest absolute Gasteiger partial charge is 0.415 e. The van der Waals surface area contributed by atoms with Crippen molar-refractivity contribution in [2.45, 2.75) is 12.8 Å². The van der Waals surface area contributed by atoms with Gasteiger partial charge in [-0.05, 0) is 47.7 Å². The lowest BCUT2D eigenvalue weighted by Crippen LogP contribution is -2.00. The van der Waals surface area contributed by atoms with E-state index in [4.69, 9.17) is 4.42 Å². The maximum Gasteiger partial charge on any atom is 0.258 e. The fourth-order valence-corrected chi connectivity index (χ4v) is 4.39. The van der Waals surface area contributed by atoms with Gasteiger partial charge in [-0.2, -0.15) is 0 Å². The Balaban J connectivity index is 1.56. The molecule has 2 aromatic heterocycles. The molecule has 4 aromatic rings. The summed E-state index contributed by atoms with van der Waals surface area (Å²) in [5, 5.41) is 8.46. The Labute approximate surface area is 143 Å². The van der Waals surface area contributed by atoms with Gasteiger partial charge < -0.3 is 4.42 Å². The zero-order valence-corrected chi connectivity index (χ0v) is 13.7. The van der Waals surface area contributed by atoms with E-state index in [9.17, 15) is 0 Å². The fourth-order valence-electron chi connectivity index (χ4n) is 3.20. The first-order valence-electron chi connectivity index (χ1n) is 7.99. The fraction of sp³-hybridized carbons (Fsp3) is 0.100. The molecule has 3 nitrogen and oxygen atoms in total. The van der Waals surface area contributed by atoms with Crippen LogP contribution >= 0.6 is 11.3 Å². The van der Waals surface area contributed by atoms with Gasteiger partial charge in [0.25, 0.3) is 5.89 Å². The van der Waals surface area contributed by atoms with Crippen LogP contribution in [0.25, 0.3) is 32.7 Å². The number of hydrogen-bond donors (Lipinski definition) is 0. The maximum absolute atomic E-state index is 5.91. The molecule has 0 radical (unpaired) electrons. The first-order chi connectivity index (χ1) is 11.9. The number of rotatable bonds is 2. The van der Waals surface area contributed by atoms with Crippen LogP contribution in [0.1, 0.15) is 11.1 Å². The zero-order valence-electron chi connectivity index (χ0n) is 12.9. The minimum atomic E-state index is 0.567. The van der Waals surface area contributed by atoms with E-state index in [2.05, 4.69) is 40.5 Å². The van der Waals surface area contributed by atoms with Crippen LogP contribution < -0.4 is 0 Å². The molecule has 0 saturated carbocycles. The molecule has 0 atom stereocenters. The van der Waals surface area contributed by atoms with Crippen molar-refractivity contribution in [1.82, 2.24) is 10.2 Å². The number of nitrogens with zero attached hydrogens (tertiary/aromatic N) is 2. The van der Waals surface area contributed by atoms with Crippen molar-refractivity contribution in [3.63, 3.8) is 0 Å². The molecule has 1 aliphatic carbocycles. The van der Waals surface area contributed by atoms with Gasteiger partial charge in [0.1, 0.15) is 0 Å². The highest BCUT2D eigenvalue weighted by Gasteiger charge is 2.21. The highest BCUT2D eigenvalue weighted by Crippen LogP contribution is 2.42. The van der Waals surface area contributed by atoms with E-state index in [1.165, 1.54) is 21.6 Å². The van der Waals surface area contributed by atoms with Crippen LogP contribution in [0.3, 0.4) is 0 Å². The SMILES string of the molecule is c1ccc(-c2nnc(-c3cc4c(s3)-c3ccccc3CC4)o2)cc1. The molecule has 5 rings (SSSR count). The Morgan fingerprint density at radius 3 is 2.46 bits per heavy atom. The number of thiophene rings is 1. The second-order valence-electron chi connectivity index (χ2n) is 5.90. The molecule has 0 amide bonds. The average molecular weight is 330 g/mol. The predicted molar refractivity (Wildman–Crippen MR) is 95.9 cm³/mol. The summed E-state index contributed by atoms with van der Waals surface area (Å²) < 4.78 is 5.91. The van der Waals surface area contributed by atoms with Crippen molar-refractivity contribution in [3.8, 4) is 32.7 Å². The van der Waals surface area contributed by atoms with E-state index in [0.29, 0.717) is 11.8 Å². The normalized spacial score (nSPS) is 12.7. The van der Waals surface area contributed by atoms with Gasteiger partial charge in [0.15, 0.2) is 0 Å². The van der Waals surface area contributed by atoms with E-state index >= 15 is 0 Å². The number of aryl methyl sites for hydroxylation is 2. The third-order valence-corrected chi connectivity index (χ3v) is 5.59. The van der Waals surface area contributed by atoms with Gasteiger partial charge >= 0.3 is 0 Å². The first kappa shape index (κ1) is 13.7. The first-order valence-corrected chi connectivity index (χ1v) is 8.80. The monoisotopic (exact) mass is 330 g/mol. The van der Waals surface area contributed by atoms with Gasteiger partial charge in [-0.1, -0.05) is 42.5 Å². The number of benzene rings is 2. The molecule has 2 aromatic carbocycles. The van der Waals surface area contributed by atoms with E-state index < -0.39 is 0 Å². The summed E-state index contributed by atoms with van der Waals surface area (Å²) in [4.78, 5) is 2.39. The number of aromatic nitrogens is 2. The molecule has 0 spiro atoms. The summed E-state index contributed by atoms with van der Waals surface area (Å²) in [5.74, 6) is 1.17. The lowest BCUT2D eigenvalue weighted by atomic mass is 9.91. The highest BCUT2D eigenvalue weighted by atomic mass is 32.1. The lowest BCUT2D eigenvalue weighted by molar-refractivity contribution is 0.586. The van der Waals surface area contributed by atoms with Crippen molar-refractivity contribution < 1.29 is 4.42 Å². The molecular weight excluding hydrogens is 316 g/mol. The molecule has 2 heterocycles. The quantitative estimate of drug-likeness (QED) is 0.505. The Kier molecular flexibility index (Phi) is 3.10. The second-order valence-corrected chi connectivity index (χ2v) is 6.95. The van der Waals surface area contributed by atoms with Crippen molar-refractivity contribution in [3.05, 3.63) is 71.8 Å². The molecule has 4 heteroatoms. The number of fused-ring (bicyclic) bond motifs is 3. The minimum absolute atomic E-state index is 0.567. The predicted octanol–water partition coefficient (Wildman–Crippen LogP) is 5.23. The molecule has 24 heavy (non-hydrogen) atoms. The molecule has 0 bridgehead atoms. The van der Waals surface area contributed by atoms with Crippen LogP contribution in [-0.4, -0.2) is 10.2 Å². The van der Waals surface area contributed by atoms with Gasteiger partial charge in [-0.15, -0.1) is 21.5 Å². The maximum atomic E-state index is 5.91. The van der Waals surface area contributed by atoms with Crippen LogP contribution in [0, 0.1) is 0 Å². The topological polar surface area (TPSA) is 38.9 Å². The average Bonchev–Trinajstić information content (AvgIpc) is 3.29. The molecule has 0 unspecified atom stereocenters.